The summed E-state index contributed by atoms with van der Waals surface area (Å²) in [6.45, 7) is 7.81. The average Bonchev–Trinajstić information content (AvgIpc) is 2.66. The van der Waals surface area contributed by atoms with Crippen LogP contribution in [0.3, 0.4) is 0 Å². The van der Waals surface area contributed by atoms with Crippen molar-refractivity contribution in [3.05, 3.63) is 53.0 Å². The number of aryl methyl sites for hydroxylation is 1. The third kappa shape index (κ3) is 2.56. The molecule has 1 aromatic rings. The molecule has 3 nitrogen and oxygen atoms in total. The fourth-order valence-electron chi connectivity index (χ4n) is 2.10. The number of imide groups is 1. The van der Waals surface area contributed by atoms with Crippen LogP contribution in [0.4, 0.5) is 0 Å². The van der Waals surface area contributed by atoms with Crippen LogP contribution in [0.2, 0.25) is 0 Å². The van der Waals surface area contributed by atoms with Crippen molar-refractivity contribution < 1.29 is 9.59 Å². The van der Waals surface area contributed by atoms with Gasteiger partial charge < -0.3 is 0 Å². The van der Waals surface area contributed by atoms with Crippen molar-refractivity contribution in [2.75, 3.05) is 12.3 Å². The summed E-state index contributed by atoms with van der Waals surface area (Å²) in [7, 11) is 0. The van der Waals surface area contributed by atoms with Gasteiger partial charge in [0.15, 0.2) is 0 Å². The molecule has 104 valence electrons. The Morgan fingerprint density at radius 3 is 2.40 bits per heavy atom. The fraction of sp³-hybridized carbons (Fsp3) is 0.250. The predicted octanol–water partition coefficient (Wildman–Crippen LogP) is 3.01. The average molecular weight is 287 g/mol. The van der Waals surface area contributed by atoms with E-state index in [1.54, 1.807) is 6.08 Å². The van der Waals surface area contributed by atoms with Crippen molar-refractivity contribution in [1.29, 1.82) is 0 Å². The lowest BCUT2D eigenvalue weighted by Gasteiger charge is -2.11. The van der Waals surface area contributed by atoms with E-state index in [0.29, 0.717) is 10.5 Å². The van der Waals surface area contributed by atoms with Gasteiger partial charge in [-0.15, -0.1) is 18.3 Å². The van der Waals surface area contributed by atoms with Crippen molar-refractivity contribution in [2.24, 2.45) is 0 Å². The molecule has 1 aromatic carbocycles. The van der Waals surface area contributed by atoms with Crippen molar-refractivity contribution >= 4 is 29.1 Å². The molecule has 2 amide bonds. The normalized spacial score (nSPS) is 15.2. The van der Waals surface area contributed by atoms with E-state index in [0.717, 1.165) is 16.9 Å². The zero-order chi connectivity index (χ0) is 14.7. The van der Waals surface area contributed by atoms with Gasteiger partial charge in [-0.3, -0.25) is 14.5 Å². The van der Waals surface area contributed by atoms with Crippen LogP contribution in [-0.2, 0) is 9.59 Å². The summed E-state index contributed by atoms with van der Waals surface area (Å²) in [5.41, 5.74) is 2.44. The van der Waals surface area contributed by atoms with Gasteiger partial charge in [-0.2, -0.15) is 0 Å². The van der Waals surface area contributed by atoms with E-state index in [9.17, 15) is 9.59 Å². The summed E-state index contributed by atoms with van der Waals surface area (Å²) in [5.74, 6) is 0.318. The van der Waals surface area contributed by atoms with Crippen molar-refractivity contribution in [3.63, 3.8) is 0 Å². The van der Waals surface area contributed by atoms with Gasteiger partial charge >= 0.3 is 0 Å². The minimum absolute atomic E-state index is 0.211. The van der Waals surface area contributed by atoms with Crippen LogP contribution in [0.5, 0.6) is 0 Å². The smallest absolute Gasteiger partial charge is 0.268 e. The summed E-state index contributed by atoms with van der Waals surface area (Å²) >= 11 is 1.42. The van der Waals surface area contributed by atoms with E-state index < -0.39 is 0 Å². The highest BCUT2D eigenvalue weighted by atomic mass is 32.2. The Hall–Kier alpha value is -1.81. The number of nitrogens with zero attached hydrogens (tertiary/aromatic N) is 1. The molecule has 0 atom stereocenters. The number of rotatable bonds is 5. The van der Waals surface area contributed by atoms with Gasteiger partial charge in [-0.1, -0.05) is 42.8 Å². The molecule has 2 rings (SSSR count). The number of benzene rings is 1. The van der Waals surface area contributed by atoms with Crippen LogP contribution in [0, 0.1) is 6.92 Å². The molecular weight excluding hydrogens is 270 g/mol. The Balaban J connectivity index is 2.49. The van der Waals surface area contributed by atoms with Gasteiger partial charge in [-0.25, -0.2) is 0 Å². The van der Waals surface area contributed by atoms with Crippen LogP contribution in [0.15, 0.2) is 41.8 Å². The molecule has 0 saturated heterocycles. The van der Waals surface area contributed by atoms with Gasteiger partial charge in [0, 0.05) is 6.54 Å². The maximum absolute atomic E-state index is 12.5. The molecule has 0 unspecified atom stereocenters. The Morgan fingerprint density at radius 2 is 1.85 bits per heavy atom. The van der Waals surface area contributed by atoms with E-state index in [2.05, 4.69) is 6.58 Å². The largest absolute Gasteiger partial charge is 0.270 e. The molecule has 20 heavy (non-hydrogen) atoms. The Bertz CT molecular complexity index is 587. The first-order valence-electron chi connectivity index (χ1n) is 6.51. The second kappa shape index (κ2) is 6.09. The van der Waals surface area contributed by atoms with E-state index in [-0.39, 0.29) is 18.4 Å². The van der Waals surface area contributed by atoms with Gasteiger partial charge in [0.2, 0.25) is 0 Å². The van der Waals surface area contributed by atoms with Gasteiger partial charge in [0.05, 0.1) is 10.5 Å². The molecule has 0 aliphatic carbocycles. The highest BCUT2D eigenvalue weighted by Crippen LogP contribution is 2.35. The fourth-order valence-corrected chi connectivity index (χ4v) is 2.97. The maximum atomic E-state index is 12.5. The summed E-state index contributed by atoms with van der Waals surface area (Å²) < 4.78 is 0. The minimum atomic E-state index is -0.227. The zero-order valence-electron chi connectivity index (χ0n) is 11.7. The molecule has 0 spiro atoms. The molecule has 0 bridgehead atoms. The van der Waals surface area contributed by atoms with E-state index in [1.165, 1.54) is 16.7 Å². The lowest BCUT2D eigenvalue weighted by atomic mass is 10.0. The minimum Gasteiger partial charge on any atom is -0.270 e. The number of hydrogen-bond donors (Lipinski definition) is 0. The highest BCUT2D eigenvalue weighted by Gasteiger charge is 2.38. The molecule has 0 fully saturated rings. The molecule has 1 heterocycles. The number of carbonyl (C=O) groups excluding carboxylic acids is 2. The highest BCUT2D eigenvalue weighted by molar-refractivity contribution is 8.04. The van der Waals surface area contributed by atoms with E-state index >= 15 is 0 Å². The molecule has 1 aliphatic heterocycles. The third-order valence-corrected chi connectivity index (χ3v) is 4.02. The summed E-state index contributed by atoms with van der Waals surface area (Å²) in [6, 6.07) is 7.68. The predicted molar refractivity (Wildman–Crippen MR) is 83.1 cm³/mol. The summed E-state index contributed by atoms with van der Waals surface area (Å²) in [5, 5.41) is 0. The number of carbonyl (C=O) groups is 2. The Labute approximate surface area is 123 Å². The van der Waals surface area contributed by atoms with Gasteiger partial charge in [0.1, 0.15) is 0 Å². The summed E-state index contributed by atoms with van der Waals surface area (Å²) in [6.07, 6.45) is 1.57. The molecule has 1 aliphatic rings. The lowest BCUT2D eigenvalue weighted by Crippen LogP contribution is -2.31. The van der Waals surface area contributed by atoms with Gasteiger partial charge in [-0.05, 0) is 18.2 Å². The first-order chi connectivity index (χ1) is 9.60. The molecular formula is C16H17NO2S. The van der Waals surface area contributed by atoms with Crippen molar-refractivity contribution in [2.45, 2.75) is 13.8 Å². The third-order valence-electron chi connectivity index (χ3n) is 3.07. The number of hydrogen-bond acceptors (Lipinski definition) is 3. The molecule has 0 N–H and O–H groups in total. The molecule has 4 heteroatoms. The quantitative estimate of drug-likeness (QED) is 0.617. The molecule has 0 radical (unpaired) electrons. The van der Waals surface area contributed by atoms with E-state index in [4.69, 9.17) is 0 Å². The van der Waals surface area contributed by atoms with Crippen LogP contribution in [0.25, 0.3) is 5.57 Å². The summed E-state index contributed by atoms with van der Waals surface area (Å²) in [4.78, 5) is 26.6. The van der Waals surface area contributed by atoms with Crippen LogP contribution in [0.1, 0.15) is 18.1 Å². The monoisotopic (exact) mass is 287 g/mol. The second-order valence-corrected chi connectivity index (χ2v) is 5.79. The van der Waals surface area contributed by atoms with Crippen molar-refractivity contribution in [3.8, 4) is 0 Å². The number of amides is 2. The van der Waals surface area contributed by atoms with Crippen LogP contribution < -0.4 is 0 Å². The van der Waals surface area contributed by atoms with Gasteiger partial charge in [0.25, 0.3) is 11.8 Å². The SMILES string of the molecule is C=CCN1C(=O)C(SCC)=C(c2ccc(C)cc2)C1=O. The zero-order valence-corrected chi connectivity index (χ0v) is 12.5. The lowest BCUT2D eigenvalue weighted by molar-refractivity contribution is -0.135. The molecule has 0 aromatic heterocycles. The Morgan fingerprint density at radius 1 is 1.20 bits per heavy atom. The standard InChI is InChI=1S/C16H17NO2S/c1-4-10-17-15(18)13(14(16(17)19)20-5-2)12-8-6-11(3)7-9-12/h4,6-9H,1,5,10H2,2-3H3. The van der Waals surface area contributed by atoms with E-state index in [1.807, 2.05) is 38.1 Å². The molecule has 0 saturated carbocycles. The maximum Gasteiger partial charge on any atom is 0.268 e. The van der Waals surface area contributed by atoms with Crippen LogP contribution in [-0.4, -0.2) is 29.0 Å². The first-order valence-corrected chi connectivity index (χ1v) is 7.50. The Kier molecular flexibility index (Phi) is 4.45. The van der Waals surface area contributed by atoms with Crippen molar-refractivity contribution in [1.82, 2.24) is 4.90 Å². The second-order valence-electron chi connectivity index (χ2n) is 4.51. The topological polar surface area (TPSA) is 37.4 Å². The number of thioether (sulfide) groups is 1. The van der Waals surface area contributed by atoms with Crippen LogP contribution >= 0.6 is 11.8 Å². The first kappa shape index (κ1) is 14.6.